The second kappa shape index (κ2) is 3.57. The molecule has 4 rings (SSSR count). The summed E-state index contributed by atoms with van der Waals surface area (Å²) in [7, 11) is 0. The van der Waals surface area contributed by atoms with Gasteiger partial charge in [-0.05, 0) is 0 Å². The number of aromatic amines is 1. The number of aromatic nitrogens is 4. The van der Waals surface area contributed by atoms with Gasteiger partial charge in [0.1, 0.15) is 23.5 Å². The summed E-state index contributed by atoms with van der Waals surface area (Å²) in [5.41, 5.74) is -2.30. The van der Waals surface area contributed by atoms with Gasteiger partial charge in [0.2, 0.25) is 0 Å². The summed E-state index contributed by atoms with van der Waals surface area (Å²) in [5.74, 6) is 0. The van der Waals surface area contributed by atoms with Crippen LogP contribution in [0.25, 0.3) is 11.2 Å². The van der Waals surface area contributed by atoms with Crippen LogP contribution in [0.5, 0.6) is 0 Å². The Morgan fingerprint density at radius 1 is 1.50 bits per heavy atom. The summed E-state index contributed by atoms with van der Waals surface area (Å²) in [6, 6.07) is 0. The van der Waals surface area contributed by atoms with E-state index in [1.54, 1.807) is 4.57 Å². The standard InChI is InChI=1S/C11H12N4O5/c16-7-5-1-14-4-12-6-8(17)13-10(18)15(9(6)14)2-11(7,19)3-20-5/h4-5,7,16,19H,1-3H2,(H,13,17,18)/t5-,7?,11?/m1/s1. The van der Waals surface area contributed by atoms with Crippen molar-refractivity contribution in [1.29, 1.82) is 0 Å². The van der Waals surface area contributed by atoms with E-state index in [0.29, 0.717) is 5.65 Å². The van der Waals surface area contributed by atoms with E-state index in [2.05, 4.69) is 9.97 Å². The first-order valence-electron chi connectivity index (χ1n) is 6.20. The van der Waals surface area contributed by atoms with E-state index in [4.69, 9.17) is 4.74 Å². The Kier molecular flexibility index (Phi) is 2.11. The van der Waals surface area contributed by atoms with Crippen LogP contribution in [-0.2, 0) is 17.8 Å². The molecule has 2 aliphatic rings. The zero-order valence-electron chi connectivity index (χ0n) is 10.3. The van der Waals surface area contributed by atoms with Crippen LogP contribution in [0.4, 0.5) is 0 Å². The van der Waals surface area contributed by atoms with Gasteiger partial charge in [-0.1, -0.05) is 0 Å². The van der Waals surface area contributed by atoms with Crippen LogP contribution >= 0.6 is 0 Å². The molecule has 0 amide bonds. The third-order valence-electron chi connectivity index (χ3n) is 4.01. The summed E-state index contributed by atoms with van der Waals surface area (Å²) in [5, 5.41) is 20.6. The molecule has 0 saturated carbocycles. The zero-order chi connectivity index (χ0) is 14.1. The van der Waals surface area contributed by atoms with Crippen LogP contribution in [-0.4, -0.2) is 53.7 Å². The van der Waals surface area contributed by atoms with Gasteiger partial charge >= 0.3 is 5.69 Å². The van der Waals surface area contributed by atoms with E-state index >= 15 is 0 Å². The predicted octanol–water partition coefficient (Wildman–Crippen LogP) is -2.61. The fourth-order valence-electron chi connectivity index (χ4n) is 2.95. The van der Waals surface area contributed by atoms with Gasteiger partial charge in [0.15, 0.2) is 5.52 Å². The van der Waals surface area contributed by atoms with E-state index < -0.39 is 29.1 Å². The molecule has 20 heavy (non-hydrogen) atoms. The lowest BCUT2D eigenvalue weighted by atomic mass is 9.95. The minimum Gasteiger partial charge on any atom is -0.387 e. The summed E-state index contributed by atoms with van der Waals surface area (Å²) < 4.78 is 8.21. The molecule has 2 bridgehead atoms. The molecule has 1 saturated heterocycles. The van der Waals surface area contributed by atoms with Gasteiger partial charge in [0.05, 0.1) is 26.0 Å². The third kappa shape index (κ3) is 1.34. The molecule has 1 fully saturated rings. The first-order chi connectivity index (χ1) is 9.49. The number of aliphatic hydroxyl groups is 2. The first kappa shape index (κ1) is 11.8. The maximum atomic E-state index is 12.0. The lowest BCUT2D eigenvalue weighted by Crippen LogP contribution is -2.51. The number of H-pyrrole nitrogens is 1. The fraction of sp³-hybridized carbons (Fsp3) is 0.545. The molecule has 3 N–H and O–H groups in total. The van der Waals surface area contributed by atoms with Gasteiger partial charge in [0, 0.05) is 0 Å². The highest BCUT2D eigenvalue weighted by Crippen LogP contribution is 2.30. The number of fused-ring (bicyclic) bond motifs is 2. The highest BCUT2D eigenvalue weighted by atomic mass is 16.5. The van der Waals surface area contributed by atoms with E-state index in [1.165, 1.54) is 10.9 Å². The van der Waals surface area contributed by atoms with E-state index in [9.17, 15) is 19.8 Å². The Bertz CT molecular complexity index is 820. The average Bonchev–Trinajstić information content (AvgIpc) is 2.93. The Labute approximate surface area is 111 Å². The Morgan fingerprint density at radius 3 is 3.10 bits per heavy atom. The Hall–Kier alpha value is -1.97. The van der Waals surface area contributed by atoms with Gasteiger partial charge in [-0.25, -0.2) is 9.78 Å². The van der Waals surface area contributed by atoms with Crippen LogP contribution in [0.2, 0.25) is 0 Å². The molecule has 0 aliphatic carbocycles. The largest absolute Gasteiger partial charge is 0.387 e. The summed E-state index contributed by atoms with van der Waals surface area (Å²) in [4.78, 5) is 29.9. The summed E-state index contributed by atoms with van der Waals surface area (Å²) >= 11 is 0. The molecule has 0 spiro atoms. The molecule has 2 aromatic rings. The summed E-state index contributed by atoms with van der Waals surface area (Å²) in [6.07, 6.45) is -0.276. The van der Waals surface area contributed by atoms with Crippen molar-refractivity contribution in [1.82, 2.24) is 19.1 Å². The first-order valence-corrected chi connectivity index (χ1v) is 6.20. The Balaban J connectivity index is 2.08. The maximum Gasteiger partial charge on any atom is 0.330 e. The van der Waals surface area contributed by atoms with Crippen molar-refractivity contribution in [2.24, 2.45) is 0 Å². The Morgan fingerprint density at radius 2 is 2.30 bits per heavy atom. The van der Waals surface area contributed by atoms with Crippen molar-refractivity contribution in [3.63, 3.8) is 0 Å². The molecular weight excluding hydrogens is 268 g/mol. The second-order valence-electron chi connectivity index (χ2n) is 5.31. The van der Waals surface area contributed by atoms with Gasteiger partial charge in [0.25, 0.3) is 5.56 Å². The van der Waals surface area contributed by atoms with Crippen molar-refractivity contribution in [2.45, 2.75) is 30.9 Å². The number of nitrogens with zero attached hydrogens (tertiary/aromatic N) is 3. The molecule has 4 heterocycles. The minimum atomic E-state index is -1.55. The van der Waals surface area contributed by atoms with Crippen LogP contribution in [0, 0.1) is 0 Å². The number of imidazole rings is 1. The SMILES string of the molecule is O=c1[nH]c(=O)n2c3c1ncn3C[C@H]1OCC(O)(C2)C1O. The average molecular weight is 280 g/mol. The second-order valence-corrected chi connectivity index (χ2v) is 5.31. The van der Waals surface area contributed by atoms with E-state index in [-0.39, 0.29) is 25.2 Å². The van der Waals surface area contributed by atoms with Gasteiger partial charge in [-0.15, -0.1) is 0 Å². The number of rotatable bonds is 0. The maximum absolute atomic E-state index is 12.0. The lowest BCUT2D eigenvalue weighted by molar-refractivity contribution is -0.0636. The van der Waals surface area contributed by atoms with Crippen LogP contribution in [0.15, 0.2) is 15.9 Å². The van der Waals surface area contributed by atoms with Crippen molar-refractivity contribution >= 4 is 11.2 Å². The number of nitrogens with one attached hydrogen (secondary N) is 1. The monoisotopic (exact) mass is 280 g/mol. The molecule has 2 aromatic heterocycles. The van der Waals surface area contributed by atoms with E-state index in [0.717, 1.165) is 0 Å². The molecule has 0 aromatic carbocycles. The smallest absolute Gasteiger partial charge is 0.330 e. The molecule has 106 valence electrons. The highest BCUT2D eigenvalue weighted by molar-refractivity contribution is 5.69. The normalized spacial score (nSPS) is 32.3. The molecule has 3 atom stereocenters. The lowest BCUT2D eigenvalue weighted by Gasteiger charge is -2.29. The van der Waals surface area contributed by atoms with E-state index in [1.807, 2.05) is 0 Å². The highest BCUT2D eigenvalue weighted by Gasteiger charge is 2.49. The van der Waals surface area contributed by atoms with Crippen molar-refractivity contribution in [2.75, 3.05) is 6.61 Å². The number of hydrogen-bond acceptors (Lipinski definition) is 6. The summed E-state index contributed by atoms with van der Waals surface area (Å²) in [6.45, 7) is -0.0184. The van der Waals surface area contributed by atoms with Crippen LogP contribution in [0.1, 0.15) is 0 Å². The quantitative estimate of drug-likeness (QED) is 0.486. The van der Waals surface area contributed by atoms with Crippen molar-refractivity contribution < 1.29 is 14.9 Å². The number of hydrogen-bond donors (Lipinski definition) is 3. The number of aliphatic hydroxyl groups excluding tert-OH is 1. The predicted molar refractivity (Wildman–Crippen MR) is 65.3 cm³/mol. The molecule has 0 radical (unpaired) electrons. The van der Waals surface area contributed by atoms with Crippen LogP contribution < -0.4 is 11.2 Å². The number of ether oxygens (including phenoxy) is 1. The van der Waals surface area contributed by atoms with Crippen LogP contribution in [0.3, 0.4) is 0 Å². The van der Waals surface area contributed by atoms with Crippen molar-refractivity contribution in [3.8, 4) is 0 Å². The third-order valence-corrected chi connectivity index (χ3v) is 4.01. The van der Waals surface area contributed by atoms with Gasteiger partial charge in [-0.3, -0.25) is 14.3 Å². The minimum absolute atomic E-state index is 0.0653. The topological polar surface area (TPSA) is 122 Å². The van der Waals surface area contributed by atoms with Gasteiger partial charge in [-0.2, -0.15) is 0 Å². The molecular formula is C11H12N4O5. The molecule has 9 nitrogen and oxygen atoms in total. The van der Waals surface area contributed by atoms with Crippen molar-refractivity contribution in [3.05, 3.63) is 27.2 Å². The zero-order valence-corrected chi connectivity index (χ0v) is 10.3. The molecule has 2 aliphatic heterocycles. The van der Waals surface area contributed by atoms with Gasteiger partial charge < -0.3 is 19.5 Å². The fourth-order valence-corrected chi connectivity index (χ4v) is 2.95. The molecule has 9 heteroatoms. The molecule has 2 unspecified atom stereocenters.